The fraction of sp³-hybridized carbons (Fsp3) is 0.333. The van der Waals surface area contributed by atoms with Crippen LogP contribution in [-0.2, 0) is 31.3 Å². The summed E-state index contributed by atoms with van der Waals surface area (Å²) >= 11 is 0. The van der Waals surface area contributed by atoms with Crippen LogP contribution < -0.4 is 0 Å². The molecule has 2 aromatic rings. The van der Waals surface area contributed by atoms with Gasteiger partial charge in [0.15, 0.2) is 0 Å². The molecule has 0 heterocycles. The Hall–Kier alpha value is -0.270. The van der Waals surface area contributed by atoms with Gasteiger partial charge in [0.05, 0.1) is 0 Å². The zero-order valence-electron chi connectivity index (χ0n) is 12.4. The number of hydrogen-bond donors (Lipinski definition) is 0. The zero-order valence-corrected chi connectivity index (χ0v) is 15.8. The Morgan fingerprint density at radius 2 is 1.38 bits per heavy atom. The topological polar surface area (TPSA) is 0 Å². The lowest BCUT2D eigenvalue weighted by molar-refractivity contribution is 0.909. The van der Waals surface area contributed by atoms with Crippen LogP contribution in [-0.4, -0.2) is 0 Å². The molecule has 0 spiro atoms. The zero-order chi connectivity index (χ0) is 14.8. The van der Waals surface area contributed by atoms with Crippen LogP contribution in [0.3, 0.4) is 0 Å². The summed E-state index contributed by atoms with van der Waals surface area (Å²) in [7, 11) is 8.58. The van der Waals surface area contributed by atoms with Gasteiger partial charge in [-0.05, 0) is 76.7 Å². The molecule has 3 atom stereocenters. The van der Waals surface area contributed by atoms with Crippen molar-refractivity contribution in [1.82, 2.24) is 0 Å². The predicted molar refractivity (Wildman–Crippen MR) is 104 cm³/mol. The second kappa shape index (κ2) is 6.87. The van der Waals surface area contributed by atoms with Gasteiger partial charge in [0.2, 0.25) is 0 Å². The Morgan fingerprint density at radius 3 is 2.10 bits per heavy atom. The Kier molecular flexibility index (Phi) is 5.11. The van der Waals surface area contributed by atoms with Gasteiger partial charge in [0.25, 0.3) is 0 Å². The maximum absolute atomic E-state index is 2.87. The smallest absolute Gasteiger partial charge is 0.0125 e. The van der Waals surface area contributed by atoms with E-state index >= 15 is 0 Å². The minimum atomic E-state index is 1.03. The first-order valence-electron chi connectivity index (χ1n) is 7.64. The van der Waals surface area contributed by atoms with Gasteiger partial charge in [0.1, 0.15) is 0 Å². The predicted octanol–water partition coefficient (Wildman–Crippen LogP) is 4.97. The summed E-state index contributed by atoms with van der Waals surface area (Å²) in [6.45, 7) is 0. The van der Waals surface area contributed by atoms with Crippen LogP contribution in [0.2, 0.25) is 0 Å². The summed E-state index contributed by atoms with van der Waals surface area (Å²) in [5.74, 6) is 0. The van der Waals surface area contributed by atoms with E-state index in [1.807, 2.05) is 0 Å². The average molecular weight is 332 g/mol. The molecule has 0 radical (unpaired) electrons. The highest BCUT2D eigenvalue weighted by atomic mass is 31.0. The van der Waals surface area contributed by atoms with E-state index in [1.165, 1.54) is 47.1 Å². The maximum Gasteiger partial charge on any atom is -0.0125 e. The van der Waals surface area contributed by atoms with Crippen LogP contribution >= 0.6 is 27.7 Å². The van der Waals surface area contributed by atoms with E-state index in [4.69, 9.17) is 0 Å². The molecule has 0 fully saturated rings. The summed E-state index contributed by atoms with van der Waals surface area (Å²) in [5, 5.41) is 0. The standard InChI is InChI=1S/C18H23P3/c19-9-13-5-4-12(8-15(13)11-21)17-7-6-14(10-20)16-2-1-3-18(16)17/h4-8H,1-3,9-11,19-21H2. The van der Waals surface area contributed by atoms with E-state index in [1.54, 1.807) is 11.1 Å². The number of benzene rings is 2. The first kappa shape index (κ1) is 15.6. The third-order valence-corrected chi connectivity index (χ3v) is 5.88. The monoisotopic (exact) mass is 332 g/mol. The SMILES string of the molecule is PCc1ccc(-c2ccc(CP)c3c2CCC3)cc1CP. The molecule has 0 amide bonds. The van der Waals surface area contributed by atoms with Crippen molar-refractivity contribution in [1.29, 1.82) is 0 Å². The fourth-order valence-corrected chi connectivity index (χ4v) is 4.59. The summed E-state index contributed by atoms with van der Waals surface area (Å²) in [5.41, 5.74) is 10.5. The summed E-state index contributed by atoms with van der Waals surface area (Å²) in [6, 6.07) is 11.7. The van der Waals surface area contributed by atoms with Gasteiger partial charge < -0.3 is 0 Å². The fourth-order valence-electron chi connectivity index (χ4n) is 3.42. The van der Waals surface area contributed by atoms with Crippen LogP contribution in [0.25, 0.3) is 11.1 Å². The van der Waals surface area contributed by atoms with Crippen molar-refractivity contribution >= 4 is 27.7 Å². The van der Waals surface area contributed by atoms with Gasteiger partial charge in [-0.1, -0.05) is 30.3 Å². The molecule has 0 saturated heterocycles. The van der Waals surface area contributed by atoms with Crippen LogP contribution in [0.1, 0.15) is 34.2 Å². The molecular weight excluding hydrogens is 309 g/mol. The molecule has 0 saturated carbocycles. The maximum atomic E-state index is 2.87. The van der Waals surface area contributed by atoms with Gasteiger partial charge in [-0.2, -0.15) is 0 Å². The van der Waals surface area contributed by atoms with E-state index in [-0.39, 0.29) is 0 Å². The summed E-state index contributed by atoms with van der Waals surface area (Å²) in [6.07, 6.45) is 6.95. The average Bonchev–Trinajstić information content (AvgIpc) is 3.02. The minimum Gasteiger partial charge on any atom is -0.133 e. The highest BCUT2D eigenvalue weighted by molar-refractivity contribution is 7.16. The lowest BCUT2D eigenvalue weighted by atomic mass is 9.92. The Labute approximate surface area is 135 Å². The molecule has 110 valence electrons. The second-order valence-electron chi connectivity index (χ2n) is 5.68. The molecule has 0 aliphatic heterocycles. The molecule has 3 rings (SSSR count). The van der Waals surface area contributed by atoms with Gasteiger partial charge in [-0.3, -0.25) is 0 Å². The molecule has 2 aromatic carbocycles. The molecule has 0 bridgehead atoms. The van der Waals surface area contributed by atoms with Crippen molar-refractivity contribution in [2.45, 2.75) is 37.7 Å². The molecule has 3 unspecified atom stereocenters. The molecule has 0 N–H and O–H groups in total. The third kappa shape index (κ3) is 2.97. The van der Waals surface area contributed by atoms with Crippen LogP contribution in [0, 0.1) is 0 Å². The van der Waals surface area contributed by atoms with Gasteiger partial charge in [-0.25, -0.2) is 0 Å². The molecule has 1 aliphatic carbocycles. The molecular formula is C18H23P3. The molecule has 21 heavy (non-hydrogen) atoms. The first-order chi connectivity index (χ1) is 10.3. The number of rotatable bonds is 4. The van der Waals surface area contributed by atoms with E-state index in [9.17, 15) is 0 Å². The normalized spacial score (nSPS) is 13.5. The second-order valence-corrected chi connectivity index (χ2v) is 6.90. The van der Waals surface area contributed by atoms with Crippen molar-refractivity contribution in [3.05, 3.63) is 58.1 Å². The van der Waals surface area contributed by atoms with E-state index in [0.717, 1.165) is 18.5 Å². The highest BCUT2D eigenvalue weighted by Crippen LogP contribution is 2.36. The van der Waals surface area contributed by atoms with Crippen molar-refractivity contribution < 1.29 is 0 Å². The van der Waals surface area contributed by atoms with Gasteiger partial charge in [0, 0.05) is 0 Å². The lowest BCUT2D eigenvalue weighted by Gasteiger charge is -2.14. The summed E-state index contributed by atoms with van der Waals surface area (Å²) < 4.78 is 0. The van der Waals surface area contributed by atoms with Crippen LogP contribution in [0.5, 0.6) is 0 Å². The molecule has 3 heteroatoms. The largest absolute Gasteiger partial charge is 0.133 e. The number of fused-ring (bicyclic) bond motifs is 1. The van der Waals surface area contributed by atoms with Crippen molar-refractivity contribution in [3.8, 4) is 11.1 Å². The quantitative estimate of drug-likeness (QED) is 0.694. The van der Waals surface area contributed by atoms with Crippen molar-refractivity contribution in [2.24, 2.45) is 0 Å². The van der Waals surface area contributed by atoms with Gasteiger partial charge >= 0.3 is 0 Å². The molecule has 0 nitrogen and oxygen atoms in total. The minimum absolute atomic E-state index is 1.03. The third-order valence-electron chi connectivity index (χ3n) is 4.56. The van der Waals surface area contributed by atoms with Gasteiger partial charge in [-0.15, -0.1) is 27.7 Å². The Balaban J connectivity index is 2.11. The molecule has 1 aliphatic rings. The Bertz CT molecular complexity index is 662. The van der Waals surface area contributed by atoms with Crippen LogP contribution in [0.15, 0.2) is 30.3 Å². The molecule has 0 aromatic heterocycles. The number of hydrogen-bond acceptors (Lipinski definition) is 0. The Morgan fingerprint density at radius 1 is 0.714 bits per heavy atom. The van der Waals surface area contributed by atoms with Crippen LogP contribution in [0.4, 0.5) is 0 Å². The highest BCUT2D eigenvalue weighted by Gasteiger charge is 2.18. The van der Waals surface area contributed by atoms with E-state index < -0.39 is 0 Å². The summed E-state index contributed by atoms with van der Waals surface area (Å²) in [4.78, 5) is 0. The lowest BCUT2D eigenvalue weighted by Crippen LogP contribution is -1.95. The first-order valence-corrected chi connectivity index (χ1v) is 10.1. The van der Waals surface area contributed by atoms with E-state index in [2.05, 4.69) is 58.1 Å². The van der Waals surface area contributed by atoms with Crippen molar-refractivity contribution in [3.63, 3.8) is 0 Å². The van der Waals surface area contributed by atoms with E-state index in [0.29, 0.717) is 0 Å². The van der Waals surface area contributed by atoms with Crippen molar-refractivity contribution in [2.75, 3.05) is 0 Å².